The number of ether oxygens (including phenoxy) is 1. The van der Waals surface area contributed by atoms with Gasteiger partial charge in [0.25, 0.3) is 0 Å². The molecule has 1 aliphatic heterocycles. The Morgan fingerprint density at radius 1 is 1.50 bits per heavy atom. The van der Waals surface area contributed by atoms with Gasteiger partial charge in [0.05, 0.1) is 12.2 Å². The molecule has 0 aliphatic carbocycles. The van der Waals surface area contributed by atoms with Crippen molar-refractivity contribution in [3.63, 3.8) is 0 Å². The van der Waals surface area contributed by atoms with E-state index in [1.807, 2.05) is 25.1 Å². The van der Waals surface area contributed by atoms with E-state index in [0.29, 0.717) is 13.2 Å². The first-order valence-corrected chi connectivity index (χ1v) is 4.70. The first-order chi connectivity index (χ1) is 6.68. The molecule has 0 spiro atoms. The molecule has 3 nitrogen and oxygen atoms in total. The molecule has 0 aromatic heterocycles. The Morgan fingerprint density at radius 3 is 3.00 bits per heavy atom. The Bertz CT molecular complexity index is 374. The van der Waals surface area contributed by atoms with Crippen LogP contribution in [0.25, 0.3) is 0 Å². The number of amides is 1. The molecule has 1 heterocycles. The highest BCUT2D eigenvalue weighted by atomic mass is 16.5. The van der Waals surface area contributed by atoms with Crippen molar-refractivity contribution >= 4 is 11.6 Å². The van der Waals surface area contributed by atoms with E-state index < -0.39 is 0 Å². The van der Waals surface area contributed by atoms with E-state index in [-0.39, 0.29) is 5.91 Å². The smallest absolute Gasteiger partial charge is 0.224 e. The maximum Gasteiger partial charge on any atom is 0.224 e. The van der Waals surface area contributed by atoms with Crippen LogP contribution in [0.4, 0.5) is 5.69 Å². The van der Waals surface area contributed by atoms with Gasteiger partial charge in [-0.25, -0.2) is 0 Å². The lowest BCUT2D eigenvalue weighted by molar-refractivity contribution is -0.116. The molecule has 14 heavy (non-hydrogen) atoms. The Kier molecular flexibility index (Phi) is 2.15. The normalized spacial score (nSPS) is 14.6. The molecule has 1 aliphatic rings. The number of hydrogen-bond acceptors (Lipinski definition) is 2. The van der Waals surface area contributed by atoms with E-state index in [9.17, 15) is 4.79 Å². The number of fused-ring (bicyclic) bond motifs is 1. The first kappa shape index (κ1) is 9.06. The van der Waals surface area contributed by atoms with Crippen LogP contribution < -0.4 is 9.64 Å². The van der Waals surface area contributed by atoms with Crippen molar-refractivity contribution in [1.82, 2.24) is 0 Å². The molecule has 1 amide bonds. The molecule has 0 saturated carbocycles. The molecular weight excluding hydrogens is 178 g/mol. The van der Waals surface area contributed by atoms with Crippen LogP contribution in [0.5, 0.6) is 5.75 Å². The minimum Gasteiger partial charge on any atom is -0.490 e. The Hall–Kier alpha value is -1.51. The Balaban J connectivity index is 2.44. The SMILES string of the molecule is CC(=O)N1CCOc2cc(C)ccc21. The van der Waals surface area contributed by atoms with E-state index in [1.54, 1.807) is 11.8 Å². The van der Waals surface area contributed by atoms with Gasteiger partial charge in [0.2, 0.25) is 5.91 Å². The minimum atomic E-state index is 0.0680. The maximum atomic E-state index is 11.3. The predicted molar refractivity (Wildman–Crippen MR) is 54.7 cm³/mol. The van der Waals surface area contributed by atoms with Gasteiger partial charge in [0.15, 0.2) is 0 Å². The third kappa shape index (κ3) is 1.45. The number of carbonyl (C=O) groups is 1. The van der Waals surface area contributed by atoms with Gasteiger partial charge in [-0.05, 0) is 24.6 Å². The second-order valence-corrected chi connectivity index (χ2v) is 3.49. The molecule has 0 fully saturated rings. The highest BCUT2D eigenvalue weighted by Crippen LogP contribution is 2.32. The van der Waals surface area contributed by atoms with E-state index >= 15 is 0 Å². The van der Waals surface area contributed by atoms with Crippen molar-refractivity contribution in [2.75, 3.05) is 18.1 Å². The van der Waals surface area contributed by atoms with Gasteiger partial charge < -0.3 is 9.64 Å². The zero-order valence-electron chi connectivity index (χ0n) is 8.41. The largest absolute Gasteiger partial charge is 0.490 e. The number of nitrogens with zero attached hydrogens (tertiary/aromatic N) is 1. The zero-order chi connectivity index (χ0) is 10.1. The van der Waals surface area contributed by atoms with Crippen molar-refractivity contribution in [1.29, 1.82) is 0 Å². The fraction of sp³-hybridized carbons (Fsp3) is 0.364. The monoisotopic (exact) mass is 191 g/mol. The first-order valence-electron chi connectivity index (χ1n) is 4.70. The summed E-state index contributed by atoms with van der Waals surface area (Å²) in [7, 11) is 0. The molecule has 0 bridgehead atoms. The van der Waals surface area contributed by atoms with Gasteiger partial charge in [0, 0.05) is 6.92 Å². The molecule has 0 atom stereocenters. The summed E-state index contributed by atoms with van der Waals surface area (Å²) in [6.45, 7) is 4.81. The number of benzene rings is 1. The van der Waals surface area contributed by atoms with Crippen LogP contribution in [0.15, 0.2) is 18.2 Å². The zero-order valence-corrected chi connectivity index (χ0v) is 8.41. The lowest BCUT2D eigenvalue weighted by Gasteiger charge is -2.28. The molecule has 1 aromatic rings. The van der Waals surface area contributed by atoms with Crippen LogP contribution in [0.3, 0.4) is 0 Å². The minimum absolute atomic E-state index is 0.0680. The maximum absolute atomic E-state index is 11.3. The summed E-state index contributed by atoms with van der Waals surface area (Å²) in [5.41, 5.74) is 2.03. The molecule has 0 N–H and O–H groups in total. The van der Waals surface area contributed by atoms with Crippen molar-refractivity contribution in [2.45, 2.75) is 13.8 Å². The van der Waals surface area contributed by atoms with Crippen LogP contribution in [-0.2, 0) is 4.79 Å². The van der Waals surface area contributed by atoms with E-state index in [2.05, 4.69) is 0 Å². The number of aryl methyl sites for hydroxylation is 1. The van der Waals surface area contributed by atoms with Gasteiger partial charge in [-0.2, -0.15) is 0 Å². The van der Waals surface area contributed by atoms with E-state index in [4.69, 9.17) is 4.74 Å². The third-order valence-electron chi connectivity index (χ3n) is 2.36. The third-order valence-corrected chi connectivity index (χ3v) is 2.36. The van der Waals surface area contributed by atoms with Gasteiger partial charge in [0.1, 0.15) is 12.4 Å². The van der Waals surface area contributed by atoms with E-state index in [1.165, 1.54) is 0 Å². The van der Waals surface area contributed by atoms with Gasteiger partial charge >= 0.3 is 0 Å². The van der Waals surface area contributed by atoms with Crippen molar-refractivity contribution in [3.05, 3.63) is 23.8 Å². The summed E-state index contributed by atoms with van der Waals surface area (Å²) >= 11 is 0. The summed E-state index contributed by atoms with van der Waals surface area (Å²) in [5.74, 6) is 0.879. The summed E-state index contributed by atoms with van der Waals surface area (Å²) in [4.78, 5) is 13.1. The fourth-order valence-corrected chi connectivity index (χ4v) is 1.65. The van der Waals surface area contributed by atoms with Gasteiger partial charge in [-0.1, -0.05) is 6.07 Å². The summed E-state index contributed by atoms with van der Waals surface area (Å²) in [5, 5.41) is 0. The molecular formula is C11H13NO2. The van der Waals surface area contributed by atoms with Crippen molar-refractivity contribution < 1.29 is 9.53 Å². The summed E-state index contributed by atoms with van der Waals surface area (Å²) in [6.07, 6.45) is 0. The topological polar surface area (TPSA) is 29.5 Å². The lowest BCUT2D eigenvalue weighted by Crippen LogP contribution is -2.36. The standard InChI is InChI=1S/C11H13NO2/c1-8-3-4-10-11(7-8)14-6-5-12(10)9(2)13/h3-4,7H,5-6H2,1-2H3. The molecule has 2 rings (SSSR count). The highest BCUT2D eigenvalue weighted by Gasteiger charge is 2.20. The second kappa shape index (κ2) is 3.33. The van der Waals surface area contributed by atoms with Gasteiger partial charge in [-0.15, -0.1) is 0 Å². The average Bonchev–Trinajstić information content (AvgIpc) is 2.16. The molecule has 0 unspecified atom stereocenters. The van der Waals surface area contributed by atoms with Crippen molar-refractivity contribution in [2.24, 2.45) is 0 Å². The molecule has 1 aromatic carbocycles. The number of rotatable bonds is 0. The number of carbonyl (C=O) groups excluding carboxylic acids is 1. The number of anilines is 1. The predicted octanol–water partition coefficient (Wildman–Crippen LogP) is 1.74. The van der Waals surface area contributed by atoms with Crippen molar-refractivity contribution in [3.8, 4) is 5.75 Å². The Morgan fingerprint density at radius 2 is 2.29 bits per heavy atom. The average molecular weight is 191 g/mol. The molecule has 0 saturated heterocycles. The summed E-state index contributed by atoms with van der Waals surface area (Å²) in [6, 6.07) is 5.89. The lowest BCUT2D eigenvalue weighted by atomic mass is 10.1. The van der Waals surface area contributed by atoms with Crippen LogP contribution in [0, 0.1) is 6.92 Å². The second-order valence-electron chi connectivity index (χ2n) is 3.49. The molecule has 0 radical (unpaired) electrons. The van der Waals surface area contributed by atoms with Crippen LogP contribution in [0.2, 0.25) is 0 Å². The summed E-state index contributed by atoms with van der Waals surface area (Å²) < 4.78 is 5.49. The van der Waals surface area contributed by atoms with Crippen LogP contribution in [0.1, 0.15) is 12.5 Å². The van der Waals surface area contributed by atoms with E-state index in [0.717, 1.165) is 17.0 Å². The molecule has 3 heteroatoms. The van der Waals surface area contributed by atoms with Crippen LogP contribution in [-0.4, -0.2) is 19.1 Å². The quantitative estimate of drug-likeness (QED) is 0.625. The van der Waals surface area contributed by atoms with Gasteiger partial charge in [-0.3, -0.25) is 4.79 Å². The highest BCUT2D eigenvalue weighted by molar-refractivity contribution is 5.93. The molecule has 74 valence electrons. The Labute approximate surface area is 83.3 Å². The van der Waals surface area contributed by atoms with Crippen LogP contribution >= 0.6 is 0 Å². The fourth-order valence-electron chi connectivity index (χ4n) is 1.65. The number of hydrogen-bond donors (Lipinski definition) is 0.